The maximum Gasteiger partial charge on any atom is 0.280 e. The minimum Gasteiger partial charge on any atom is -0.351 e. The molecular weight excluding hydrogens is 410 g/mol. The zero-order chi connectivity index (χ0) is 20.4. The van der Waals surface area contributed by atoms with Crippen LogP contribution in [-0.2, 0) is 11.3 Å². The molecule has 7 nitrogen and oxygen atoms in total. The van der Waals surface area contributed by atoms with Gasteiger partial charge in [0.25, 0.3) is 5.91 Å². The molecule has 0 radical (unpaired) electrons. The van der Waals surface area contributed by atoms with Gasteiger partial charge in [-0.1, -0.05) is 23.7 Å². The third kappa shape index (κ3) is 3.85. The lowest BCUT2D eigenvalue weighted by atomic mass is 10.2. The van der Waals surface area contributed by atoms with E-state index in [4.69, 9.17) is 11.6 Å². The highest BCUT2D eigenvalue weighted by atomic mass is 35.5. The molecule has 3 heterocycles. The van der Waals surface area contributed by atoms with Crippen molar-refractivity contribution >= 4 is 45.8 Å². The molecule has 0 fully saturated rings. The molecule has 0 unspecified atom stereocenters. The third-order valence-electron chi connectivity index (χ3n) is 4.28. The van der Waals surface area contributed by atoms with Gasteiger partial charge in [-0.3, -0.25) is 14.2 Å². The number of halogens is 1. The van der Waals surface area contributed by atoms with Crippen molar-refractivity contribution in [1.82, 2.24) is 19.9 Å². The fourth-order valence-electron chi connectivity index (χ4n) is 2.95. The van der Waals surface area contributed by atoms with Gasteiger partial charge in [0, 0.05) is 30.1 Å². The lowest BCUT2D eigenvalue weighted by Crippen LogP contribution is -2.24. The Kier molecular flexibility index (Phi) is 5.28. The van der Waals surface area contributed by atoms with Gasteiger partial charge in [-0.15, -0.1) is 11.3 Å². The number of H-pyrrole nitrogens is 1. The molecule has 0 saturated heterocycles. The summed E-state index contributed by atoms with van der Waals surface area (Å²) < 4.78 is 1.79. The van der Waals surface area contributed by atoms with E-state index in [-0.39, 0.29) is 18.4 Å². The molecular formula is C20H16ClN5O2S. The van der Waals surface area contributed by atoms with Crippen molar-refractivity contribution in [1.29, 1.82) is 0 Å². The van der Waals surface area contributed by atoms with Gasteiger partial charge in [-0.25, -0.2) is 4.98 Å². The molecule has 0 spiro atoms. The topological polar surface area (TPSA) is 92.1 Å². The normalized spacial score (nSPS) is 11.7. The number of rotatable bonds is 4. The number of hydrogen-bond donors (Lipinski definition) is 2. The summed E-state index contributed by atoms with van der Waals surface area (Å²) in [6, 6.07) is 10.7. The summed E-state index contributed by atoms with van der Waals surface area (Å²) in [5.74, 6) is -0.533. The standard InChI is InChI=1S/C20H16ClN5O2S/c1-12(27)24-10-13-11-29-20(26(13)17-5-3-2-4-16(17)21)25-19(28)15-7-9-23-18-14(15)6-8-22-18/h2-9,11H,10H2,1H3,(H,22,23)(H,24,27)/b25-20-. The Bertz CT molecular complexity index is 1290. The van der Waals surface area contributed by atoms with Crippen molar-refractivity contribution in [3.63, 3.8) is 0 Å². The summed E-state index contributed by atoms with van der Waals surface area (Å²) in [5.41, 5.74) is 2.54. The zero-order valence-electron chi connectivity index (χ0n) is 15.3. The molecule has 1 aromatic carbocycles. The van der Waals surface area contributed by atoms with Crippen molar-refractivity contribution < 1.29 is 9.59 Å². The summed E-state index contributed by atoms with van der Waals surface area (Å²) in [5, 5.41) is 5.85. The number of benzene rings is 1. The Morgan fingerprint density at radius 2 is 2.10 bits per heavy atom. The van der Waals surface area contributed by atoms with E-state index in [1.807, 2.05) is 23.6 Å². The van der Waals surface area contributed by atoms with Gasteiger partial charge in [-0.05, 0) is 24.3 Å². The van der Waals surface area contributed by atoms with Crippen molar-refractivity contribution in [3.05, 3.63) is 75.3 Å². The molecule has 0 atom stereocenters. The number of carbonyl (C=O) groups is 2. The minimum atomic E-state index is -0.384. The van der Waals surface area contributed by atoms with E-state index in [9.17, 15) is 9.59 Å². The Balaban J connectivity index is 1.85. The average Bonchev–Trinajstić information content (AvgIpc) is 3.33. The van der Waals surface area contributed by atoms with Gasteiger partial charge >= 0.3 is 0 Å². The second kappa shape index (κ2) is 8.02. The van der Waals surface area contributed by atoms with Crippen LogP contribution in [0.5, 0.6) is 0 Å². The van der Waals surface area contributed by atoms with Crippen LogP contribution >= 0.6 is 22.9 Å². The molecule has 4 aromatic rings. The van der Waals surface area contributed by atoms with Crippen molar-refractivity contribution in [3.8, 4) is 5.69 Å². The van der Waals surface area contributed by atoms with Crippen molar-refractivity contribution in [2.24, 2.45) is 4.99 Å². The maximum atomic E-state index is 13.0. The molecule has 9 heteroatoms. The van der Waals surface area contributed by atoms with Gasteiger partial charge < -0.3 is 10.3 Å². The fourth-order valence-corrected chi connectivity index (χ4v) is 4.05. The number of amides is 2. The van der Waals surface area contributed by atoms with E-state index in [1.165, 1.54) is 18.3 Å². The van der Waals surface area contributed by atoms with Crippen LogP contribution < -0.4 is 10.1 Å². The molecule has 0 aliphatic carbocycles. The van der Waals surface area contributed by atoms with Gasteiger partial charge in [0.2, 0.25) is 5.91 Å². The highest BCUT2D eigenvalue weighted by Gasteiger charge is 2.14. The highest BCUT2D eigenvalue weighted by Crippen LogP contribution is 2.21. The van der Waals surface area contributed by atoms with E-state index in [0.29, 0.717) is 32.1 Å². The number of pyridine rings is 1. The number of fused-ring (bicyclic) bond motifs is 1. The van der Waals surface area contributed by atoms with Gasteiger partial charge in [0.1, 0.15) is 5.65 Å². The minimum absolute atomic E-state index is 0.150. The number of nitrogens with one attached hydrogen (secondary N) is 2. The van der Waals surface area contributed by atoms with Crippen LogP contribution in [0.2, 0.25) is 5.02 Å². The second-order valence-corrected chi connectivity index (χ2v) is 7.47. The van der Waals surface area contributed by atoms with Crippen LogP contribution in [-0.4, -0.2) is 26.3 Å². The largest absolute Gasteiger partial charge is 0.351 e. The number of nitrogens with zero attached hydrogens (tertiary/aromatic N) is 3. The summed E-state index contributed by atoms with van der Waals surface area (Å²) in [6.07, 6.45) is 3.30. The summed E-state index contributed by atoms with van der Waals surface area (Å²) in [7, 11) is 0. The Morgan fingerprint density at radius 3 is 2.90 bits per heavy atom. The van der Waals surface area contributed by atoms with Crippen LogP contribution in [0, 0.1) is 0 Å². The quantitative estimate of drug-likeness (QED) is 0.524. The molecule has 0 aliphatic rings. The van der Waals surface area contributed by atoms with Gasteiger partial charge in [0.15, 0.2) is 4.80 Å². The van der Waals surface area contributed by atoms with Crippen LogP contribution in [0.25, 0.3) is 16.7 Å². The van der Waals surface area contributed by atoms with E-state index in [0.717, 1.165) is 5.69 Å². The molecule has 146 valence electrons. The molecule has 4 rings (SSSR count). The first-order valence-corrected chi connectivity index (χ1v) is 10.0. The summed E-state index contributed by atoms with van der Waals surface area (Å²) in [4.78, 5) is 36.3. The first-order chi connectivity index (χ1) is 14.0. The average molecular weight is 426 g/mol. The summed E-state index contributed by atoms with van der Waals surface area (Å²) in [6.45, 7) is 1.74. The van der Waals surface area contributed by atoms with Crippen molar-refractivity contribution in [2.75, 3.05) is 0 Å². The van der Waals surface area contributed by atoms with E-state index < -0.39 is 0 Å². The Hall–Kier alpha value is -3.23. The van der Waals surface area contributed by atoms with Crippen LogP contribution in [0.4, 0.5) is 0 Å². The molecule has 2 N–H and O–H groups in total. The Labute approximate surface area is 174 Å². The first-order valence-electron chi connectivity index (χ1n) is 8.74. The molecule has 0 saturated carbocycles. The molecule has 0 bridgehead atoms. The SMILES string of the molecule is CC(=O)NCc1cs/c(=N\C(=O)c2ccnc3[nH]ccc23)n1-c1ccccc1Cl. The maximum absolute atomic E-state index is 13.0. The lowest BCUT2D eigenvalue weighted by molar-refractivity contribution is -0.119. The summed E-state index contributed by atoms with van der Waals surface area (Å²) >= 11 is 7.70. The van der Waals surface area contributed by atoms with E-state index in [2.05, 4.69) is 20.3 Å². The number of hydrogen-bond acceptors (Lipinski definition) is 4. The number of para-hydroxylation sites is 1. The van der Waals surface area contributed by atoms with Crippen LogP contribution in [0.15, 0.2) is 59.2 Å². The Morgan fingerprint density at radius 1 is 1.28 bits per heavy atom. The highest BCUT2D eigenvalue weighted by molar-refractivity contribution is 7.07. The fraction of sp³-hybridized carbons (Fsp3) is 0.100. The van der Waals surface area contributed by atoms with Crippen LogP contribution in [0.3, 0.4) is 0 Å². The number of aromatic nitrogens is 3. The smallest absolute Gasteiger partial charge is 0.280 e. The predicted molar refractivity (Wildman–Crippen MR) is 112 cm³/mol. The second-order valence-electron chi connectivity index (χ2n) is 6.22. The molecule has 29 heavy (non-hydrogen) atoms. The predicted octanol–water partition coefficient (Wildman–Crippen LogP) is 3.45. The monoisotopic (exact) mass is 425 g/mol. The van der Waals surface area contributed by atoms with E-state index in [1.54, 1.807) is 35.2 Å². The molecule has 2 amide bonds. The van der Waals surface area contributed by atoms with E-state index >= 15 is 0 Å². The molecule has 3 aromatic heterocycles. The zero-order valence-corrected chi connectivity index (χ0v) is 16.9. The van der Waals surface area contributed by atoms with Gasteiger partial charge in [0.05, 0.1) is 28.5 Å². The third-order valence-corrected chi connectivity index (χ3v) is 5.47. The van der Waals surface area contributed by atoms with Crippen LogP contribution in [0.1, 0.15) is 23.0 Å². The number of aromatic amines is 1. The lowest BCUT2D eigenvalue weighted by Gasteiger charge is -2.11. The first kappa shape index (κ1) is 19.1. The van der Waals surface area contributed by atoms with Gasteiger partial charge in [-0.2, -0.15) is 4.99 Å². The number of thiazole rings is 1. The molecule has 0 aliphatic heterocycles. The number of carbonyl (C=O) groups excluding carboxylic acids is 2. The van der Waals surface area contributed by atoms with Crippen molar-refractivity contribution in [2.45, 2.75) is 13.5 Å².